The Bertz CT molecular complexity index is 635. The lowest BCUT2D eigenvalue weighted by atomic mass is 10.1. The molecule has 0 saturated heterocycles. The molecular formula is C17H21N3O. The Kier molecular flexibility index (Phi) is 4.89. The Morgan fingerprint density at radius 3 is 2.57 bits per heavy atom. The van der Waals surface area contributed by atoms with Gasteiger partial charge in [-0.15, -0.1) is 6.42 Å². The van der Waals surface area contributed by atoms with E-state index < -0.39 is 0 Å². The molecule has 1 heterocycles. The maximum Gasteiger partial charge on any atom is 0.132 e. The molecular weight excluding hydrogens is 262 g/mol. The van der Waals surface area contributed by atoms with Gasteiger partial charge in [0.2, 0.25) is 0 Å². The van der Waals surface area contributed by atoms with E-state index in [1.807, 2.05) is 35.8 Å². The minimum atomic E-state index is 0.444. The summed E-state index contributed by atoms with van der Waals surface area (Å²) >= 11 is 0. The maximum absolute atomic E-state index is 6.19. The highest BCUT2D eigenvalue weighted by atomic mass is 16.5. The van der Waals surface area contributed by atoms with Gasteiger partial charge in [-0.25, -0.2) is 4.98 Å². The van der Waals surface area contributed by atoms with Crippen LogP contribution in [-0.2, 0) is 13.0 Å². The summed E-state index contributed by atoms with van der Waals surface area (Å²) in [5.41, 5.74) is 7.95. The Morgan fingerprint density at radius 1 is 1.29 bits per heavy atom. The van der Waals surface area contributed by atoms with Gasteiger partial charge in [-0.1, -0.05) is 19.8 Å². The Morgan fingerprint density at radius 2 is 2.00 bits per heavy atom. The van der Waals surface area contributed by atoms with Gasteiger partial charge in [0.05, 0.1) is 13.2 Å². The van der Waals surface area contributed by atoms with E-state index in [0.29, 0.717) is 12.4 Å². The molecule has 0 amide bonds. The summed E-state index contributed by atoms with van der Waals surface area (Å²) in [7, 11) is 0. The number of nitrogens with two attached hydrogens (primary N) is 1. The molecule has 1 aromatic heterocycles. The molecule has 0 spiro atoms. The number of nitrogens with zero attached hydrogens (tertiary/aromatic N) is 2. The molecule has 2 aromatic rings. The fraction of sp³-hybridized carbons (Fsp3) is 0.353. The Labute approximate surface area is 125 Å². The minimum absolute atomic E-state index is 0.444. The van der Waals surface area contributed by atoms with Gasteiger partial charge in [-0.05, 0) is 30.7 Å². The van der Waals surface area contributed by atoms with Crippen LogP contribution in [0.15, 0.2) is 24.3 Å². The average Bonchev–Trinajstić information content (AvgIpc) is 2.83. The number of aromatic nitrogens is 2. The number of imidazole rings is 1. The Hall–Kier alpha value is -2.41. The Balaban J connectivity index is 2.31. The van der Waals surface area contributed by atoms with E-state index in [1.54, 1.807) is 0 Å². The molecule has 1 aromatic carbocycles. The molecule has 21 heavy (non-hydrogen) atoms. The molecule has 0 aliphatic rings. The molecule has 0 saturated carbocycles. The fourth-order valence-corrected chi connectivity index (χ4v) is 2.19. The van der Waals surface area contributed by atoms with E-state index in [1.165, 1.54) is 0 Å². The number of terminal acetylenes is 1. The fourth-order valence-electron chi connectivity index (χ4n) is 2.19. The third-order valence-corrected chi connectivity index (χ3v) is 3.25. The number of aryl methyl sites for hydroxylation is 1. The lowest BCUT2D eigenvalue weighted by molar-refractivity contribution is 0.317. The van der Waals surface area contributed by atoms with Gasteiger partial charge < -0.3 is 15.0 Å². The van der Waals surface area contributed by atoms with Gasteiger partial charge in [0, 0.05) is 12.0 Å². The van der Waals surface area contributed by atoms with Gasteiger partial charge in [0.15, 0.2) is 0 Å². The molecule has 0 fully saturated rings. The molecule has 0 aliphatic heterocycles. The van der Waals surface area contributed by atoms with Crippen molar-refractivity contribution in [2.75, 3.05) is 12.3 Å². The van der Waals surface area contributed by atoms with Crippen molar-refractivity contribution in [1.29, 1.82) is 0 Å². The van der Waals surface area contributed by atoms with Gasteiger partial charge >= 0.3 is 0 Å². The number of ether oxygens (including phenoxy) is 1. The van der Waals surface area contributed by atoms with E-state index in [2.05, 4.69) is 17.8 Å². The molecule has 0 bridgehead atoms. The largest absolute Gasteiger partial charge is 0.494 e. The highest BCUT2D eigenvalue weighted by Crippen LogP contribution is 2.28. The van der Waals surface area contributed by atoms with Gasteiger partial charge in [0.1, 0.15) is 23.1 Å². The highest BCUT2D eigenvalue weighted by Gasteiger charge is 2.14. The van der Waals surface area contributed by atoms with E-state index in [9.17, 15) is 0 Å². The first-order valence-corrected chi connectivity index (χ1v) is 7.22. The number of benzene rings is 1. The molecule has 110 valence electrons. The van der Waals surface area contributed by atoms with Crippen molar-refractivity contribution in [2.24, 2.45) is 0 Å². The van der Waals surface area contributed by atoms with Crippen molar-refractivity contribution in [1.82, 2.24) is 9.55 Å². The summed E-state index contributed by atoms with van der Waals surface area (Å²) in [6.07, 6.45) is 7.18. The topological polar surface area (TPSA) is 53.1 Å². The van der Waals surface area contributed by atoms with Crippen molar-refractivity contribution < 1.29 is 4.74 Å². The van der Waals surface area contributed by atoms with Crippen LogP contribution in [0.25, 0.3) is 11.3 Å². The summed E-state index contributed by atoms with van der Waals surface area (Å²) in [4.78, 5) is 4.61. The van der Waals surface area contributed by atoms with Gasteiger partial charge in [-0.3, -0.25) is 0 Å². The first-order valence-electron chi connectivity index (χ1n) is 7.22. The summed E-state index contributed by atoms with van der Waals surface area (Å²) in [5.74, 6) is 5.01. The third kappa shape index (κ3) is 3.19. The van der Waals surface area contributed by atoms with Crippen LogP contribution in [0.3, 0.4) is 0 Å². The first kappa shape index (κ1) is 15.0. The maximum atomic E-state index is 6.19. The lowest BCUT2D eigenvalue weighted by Crippen LogP contribution is -2.05. The lowest BCUT2D eigenvalue weighted by Gasteiger charge is -2.06. The smallest absolute Gasteiger partial charge is 0.132 e. The minimum Gasteiger partial charge on any atom is -0.494 e. The van der Waals surface area contributed by atoms with Gasteiger partial charge in [-0.2, -0.15) is 0 Å². The zero-order chi connectivity index (χ0) is 15.2. The standard InChI is InChI=1S/C17H21N3O/c1-4-11-20-15(6-3)19-16(17(20)18)13-7-9-14(10-8-13)21-12-5-2/h1,7-10H,5-6,11-12,18H2,2-3H3. The molecule has 2 rings (SSSR count). The second-order valence-electron chi connectivity index (χ2n) is 4.78. The number of anilines is 1. The van der Waals surface area contributed by atoms with E-state index >= 15 is 0 Å². The molecule has 2 N–H and O–H groups in total. The zero-order valence-corrected chi connectivity index (χ0v) is 12.6. The number of rotatable bonds is 6. The normalized spacial score (nSPS) is 10.3. The molecule has 0 aliphatic carbocycles. The van der Waals surface area contributed by atoms with Crippen molar-refractivity contribution in [3.8, 4) is 29.4 Å². The summed E-state index contributed by atoms with van der Waals surface area (Å²) in [6.45, 7) is 5.29. The molecule has 0 unspecified atom stereocenters. The van der Waals surface area contributed by atoms with Crippen molar-refractivity contribution in [3.05, 3.63) is 30.1 Å². The number of hydrogen-bond donors (Lipinski definition) is 1. The van der Waals surface area contributed by atoms with Crippen LogP contribution in [0.1, 0.15) is 26.1 Å². The zero-order valence-electron chi connectivity index (χ0n) is 12.6. The molecule has 0 atom stereocenters. The number of hydrogen-bond acceptors (Lipinski definition) is 3. The summed E-state index contributed by atoms with van der Waals surface area (Å²) in [5, 5.41) is 0. The first-order chi connectivity index (χ1) is 10.2. The predicted molar refractivity (Wildman–Crippen MR) is 86.1 cm³/mol. The predicted octanol–water partition coefficient (Wildman–Crippen LogP) is 3.12. The monoisotopic (exact) mass is 283 g/mol. The van der Waals surface area contributed by atoms with Crippen LogP contribution >= 0.6 is 0 Å². The summed E-state index contributed by atoms with van der Waals surface area (Å²) in [6, 6.07) is 7.83. The number of nitrogen functional groups attached to an aromatic ring is 1. The SMILES string of the molecule is C#CCn1c(CC)nc(-c2ccc(OCCC)cc2)c1N. The van der Waals surface area contributed by atoms with Crippen molar-refractivity contribution >= 4 is 5.82 Å². The second kappa shape index (κ2) is 6.85. The van der Waals surface area contributed by atoms with E-state index in [4.69, 9.17) is 16.9 Å². The quantitative estimate of drug-likeness (QED) is 0.829. The second-order valence-corrected chi connectivity index (χ2v) is 4.78. The van der Waals surface area contributed by atoms with Crippen LogP contribution in [0.4, 0.5) is 5.82 Å². The average molecular weight is 283 g/mol. The highest BCUT2D eigenvalue weighted by molar-refractivity contribution is 5.71. The summed E-state index contributed by atoms with van der Waals surface area (Å²) < 4.78 is 7.47. The van der Waals surface area contributed by atoms with E-state index in [0.717, 1.165) is 42.3 Å². The van der Waals surface area contributed by atoms with Crippen LogP contribution in [0.5, 0.6) is 5.75 Å². The van der Waals surface area contributed by atoms with Gasteiger partial charge in [0.25, 0.3) is 0 Å². The van der Waals surface area contributed by atoms with Crippen LogP contribution in [0, 0.1) is 12.3 Å². The van der Waals surface area contributed by atoms with Crippen LogP contribution in [0.2, 0.25) is 0 Å². The van der Waals surface area contributed by atoms with Crippen LogP contribution < -0.4 is 10.5 Å². The molecule has 4 nitrogen and oxygen atoms in total. The van der Waals surface area contributed by atoms with Crippen molar-refractivity contribution in [3.63, 3.8) is 0 Å². The third-order valence-electron chi connectivity index (χ3n) is 3.25. The molecule has 4 heteroatoms. The molecule has 0 radical (unpaired) electrons. The van der Waals surface area contributed by atoms with Crippen molar-refractivity contribution in [2.45, 2.75) is 33.2 Å². The van der Waals surface area contributed by atoms with Crippen LogP contribution in [-0.4, -0.2) is 16.2 Å². The van der Waals surface area contributed by atoms with E-state index in [-0.39, 0.29) is 0 Å².